The molecule has 1 aromatic carbocycles. The summed E-state index contributed by atoms with van der Waals surface area (Å²) < 4.78 is 22.5. The maximum atomic E-state index is 15.9. The van der Waals surface area contributed by atoms with Crippen molar-refractivity contribution < 1.29 is 18.7 Å². The van der Waals surface area contributed by atoms with Gasteiger partial charge in [0.25, 0.3) is 5.91 Å². The second kappa shape index (κ2) is 13.1. The highest BCUT2D eigenvalue weighted by Crippen LogP contribution is 2.38. The zero-order valence-electron chi connectivity index (χ0n) is 28.5. The highest BCUT2D eigenvalue weighted by Gasteiger charge is 2.37. The minimum absolute atomic E-state index is 0.0687. The van der Waals surface area contributed by atoms with Gasteiger partial charge in [-0.2, -0.15) is 0 Å². The molecule has 0 N–H and O–H groups in total. The third kappa shape index (κ3) is 7.58. The van der Waals surface area contributed by atoms with Crippen molar-refractivity contribution in [2.45, 2.75) is 91.1 Å². The van der Waals surface area contributed by atoms with E-state index in [2.05, 4.69) is 55.5 Å². The summed E-state index contributed by atoms with van der Waals surface area (Å²) >= 11 is 2.89. The second-order valence-corrected chi connectivity index (χ2v) is 21.6. The van der Waals surface area contributed by atoms with Crippen LogP contribution in [0.5, 0.6) is 0 Å². The molecular weight excluding hydrogens is 650 g/mol. The highest BCUT2D eigenvalue weighted by atomic mass is 32.1. The van der Waals surface area contributed by atoms with Crippen LogP contribution in [-0.2, 0) is 4.74 Å². The number of likely N-dealkylation sites (tertiary alicyclic amines) is 1. The Bertz CT molecular complexity index is 1880. The fourth-order valence-corrected chi connectivity index (χ4v) is 7.50. The van der Waals surface area contributed by atoms with Crippen molar-refractivity contribution in [3.05, 3.63) is 57.8 Å². The molecule has 1 saturated heterocycles. The van der Waals surface area contributed by atoms with E-state index in [1.807, 2.05) is 39.1 Å². The van der Waals surface area contributed by atoms with Crippen LogP contribution in [0.3, 0.4) is 0 Å². The molecule has 1 aliphatic rings. The van der Waals surface area contributed by atoms with E-state index in [1.54, 1.807) is 22.1 Å². The molecule has 0 bridgehead atoms. The number of benzene rings is 1. The molecule has 0 saturated carbocycles. The summed E-state index contributed by atoms with van der Waals surface area (Å²) in [5.74, 6) is 2.67. The largest absolute Gasteiger partial charge is 0.444 e. The predicted molar refractivity (Wildman–Crippen MR) is 191 cm³/mol. The number of rotatable bonds is 4. The third-order valence-electron chi connectivity index (χ3n) is 8.68. The number of aromatic nitrogens is 3. The lowest BCUT2D eigenvalue weighted by atomic mass is 10.0. The van der Waals surface area contributed by atoms with Gasteiger partial charge in [-0.05, 0) is 63.8 Å². The van der Waals surface area contributed by atoms with E-state index in [0.717, 1.165) is 20.7 Å². The standard InChI is InChI=1S/C35H42FN5O3S2Si/c1-22-38-39-31(46-22)23-12-13-26(27(36)19-23)32(42)41(25-11-10-17-40(20-25)33(43)44-34(2,3)4)30-29-24(21-45-28(29)14-16-37-30)15-18-47(8,9)35(5,6)7/h12-14,16,19,21,25H,10-11,17,20H2,1-9H3/t25-/m1/s1. The van der Waals surface area contributed by atoms with E-state index in [1.165, 1.54) is 34.8 Å². The third-order valence-corrected chi connectivity index (χ3v) is 15.0. The van der Waals surface area contributed by atoms with Gasteiger partial charge in [0.15, 0.2) is 0 Å². The molecule has 1 atom stereocenters. The number of fused-ring (bicyclic) bond motifs is 1. The number of amides is 2. The molecule has 0 spiro atoms. The van der Waals surface area contributed by atoms with E-state index < -0.39 is 37.5 Å². The smallest absolute Gasteiger partial charge is 0.410 e. The van der Waals surface area contributed by atoms with E-state index in [4.69, 9.17) is 9.72 Å². The van der Waals surface area contributed by atoms with Crippen LogP contribution in [-0.4, -0.2) is 64.9 Å². The summed E-state index contributed by atoms with van der Waals surface area (Å²) in [5.41, 5.74) is 4.18. The topological polar surface area (TPSA) is 88.5 Å². The fraction of sp³-hybridized carbons (Fsp3) is 0.457. The Kier molecular flexibility index (Phi) is 9.66. The predicted octanol–water partition coefficient (Wildman–Crippen LogP) is 8.71. The van der Waals surface area contributed by atoms with Crippen LogP contribution in [0, 0.1) is 24.2 Å². The van der Waals surface area contributed by atoms with Gasteiger partial charge in [-0.3, -0.25) is 9.69 Å². The van der Waals surface area contributed by atoms with Crippen molar-refractivity contribution in [1.82, 2.24) is 20.1 Å². The molecule has 0 radical (unpaired) electrons. The van der Waals surface area contributed by atoms with Crippen LogP contribution in [0.2, 0.25) is 18.1 Å². The quantitative estimate of drug-likeness (QED) is 0.157. The first-order valence-corrected chi connectivity index (χ1v) is 20.5. The van der Waals surface area contributed by atoms with Crippen LogP contribution in [0.25, 0.3) is 20.7 Å². The van der Waals surface area contributed by atoms with Crippen LogP contribution >= 0.6 is 22.7 Å². The number of halogens is 1. The van der Waals surface area contributed by atoms with Gasteiger partial charge in [0.2, 0.25) is 0 Å². The molecule has 47 heavy (non-hydrogen) atoms. The van der Waals surface area contributed by atoms with Crippen molar-refractivity contribution in [3.8, 4) is 22.0 Å². The summed E-state index contributed by atoms with van der Waals surface area (Å²) in [4.78, 5) is 35.8. The first kappa shape index (κ1) is 34.7. The van der Waals surface area contributed by atoms with Gasteiger partial charge in [0, 0.05) is 40.5 Å². The Morgan fingerprint density at radius 1 is 1.13 bits per heavy atom. The molecule has 2 amide bonds. The molecule has 8 nitrogen and oxygen atoms in total. The van der Waals surface area contributed by atoms with Crippen molar-refractivity contribution in [2.24, 2.45) is 0 Å². The zero-order chi connectivity index (χ0) is 34.3. The van der Waals surface area contributed by atoms with Gasteiger partial charge in [-0.1, -0.05) is 57.2 Å². The van der Waals surface area contributed by atoms with E-state index in [-0.39, 0.29) is 17.1 Å². The molecule has 248 valence electrons. The summed E-state index contributed by atoms with van der Waals surface area (Å²) in [6, 6.07) is 5.95. The molecule has 4 heterocycles. The zero-order valence-corrected chi connectivity index (χ0v) is 31.2. The molecule has 5 rings (SSSR count). The minimum Gasteiger partial charge on any atom is -0.444 e. The monoisotopic (exact) mass is 691 g/mol. The highest BCUT2D eigenvalue weighted by molar-refractivity contribution is 7.17. The van der Waals surface area contributed by atoms with Gasteiger partial charge < -0.3 is 9.64 Å². The Hall–Kier alpha value is -3.66. The molecular formula is C35H42FN5O3S2Si. The Morgan fingerprint density at radius 2 is 1.87 bits per heavy atom. The van der Waals surface area contributed by atoms with Crippen molar-refractivity contribution in [3.63, 3.8) is 0 Å². The summed E-state index contributed by atoms with van der Waals surface area (Å²) in [6.07, 6.45) is 2.47. The Morgan fingerprint density at radius 3 is 2.51 bits per heavy atom. The number of anilines is 1. The minimum atomic E-state index is -1.95. The number of nitrogens with zero attached hydrogens (tertiary/aromatic N) is 5. The van der Waals surface area contributed by atoms with Crippen LogP contribution in [0.15, 0.2) is 35.8 Å². The maximum Gasteiger partial charge on any atom is 0.410 e. The van der Waals surface area contributed by atoms with Gasteiger partial charge in [0.05, 0.1) is 17.0 Å². The van der Waals surface area contributed by atoms with E-state index in [9.17, 15) is 9.59 Å². The SMILES string of the molecule is Cc1nnc(-c2ccc(C(=O)N(c3nccc4scc(C#C[Si](C)(C)C(C)(C)C)c34)[C@@H]3CCCN(C(=O)OC(C)(C)C)C3)c(F)c2)s1. The van der Waals surface area contributed by atoms with Crippen molar-refractivity contribution in [2.75, 3.05) is 18.0 Å². The number of hydrogen-bond acceptors (Lipinski definition) is 8. The molecule has 3 aromatic heterocycles. The average Bonchev–Trinajstić information content (AvgIpc) is 3.61. The van der Waals surface area contributed by atoms with Crippen LogP contribution in [0.4, 0.5) is 15.0 Å². The molecule has 4 aromatic rings. The van der Waals surface area contributed by atoms with Crippen molar-refractivity contribution >= 4 is 58.7 Å². The Labute approximate surface area is 285 Å². The number of ether oxygens (including phenoxy) is 1. The summed E-state index contributed by atoms with van der Waals surface area (Å²) in [6.45, 7) is 19.2. The number of carbonyl (C=O) groups excluding carboxylic acids is 2. The number of hydrogen-bond donors (Lipinski definition) is 0. The Balaban J connectivity index is 1.62. The first-order valence-electron chi connectivity index (χ1n) is 15.8. The molecule has 1 aliphatic heterocycles. The van der Waals surface area contributed by atoms with Crippen molar-refractivity contribution in [1.29, 1.82) is 0 Å². The second-order valence-electron chi connectivity index (χ2n) is 14.5. The number of thiophene rings is 1. The number of carbonyl (C=O) groups is 2. The summed E-state index contributed by atoms with van der Waals surface area (Å²) in [7, 11) is -1.95. The van der Waals surface area contributed by atoms with E-state index in [0.29, 0.717) is 35.8 Å². The van der Waals surface area contributed by atoms with E-state index >= 15 is 4.39 Å². The summed E-state index contributed by atoms with van der Waals surface area (Å²) in [5, 5.41) is 12.3. The lowest BCUT2D eigenvalue weighted by molar-refractivity contribution is 0.0196. The van der Waals surface area contributed by atoms with Gasteiger partial charge in [-0.25, -0.2) is 14.2 Å². The lowest BCUT2D eigenvalue weighted by Gasteiger charge is -2.39. The fourth-order valence-electron chi connectivity index (χ4n) is 5.11. The lowest BCUT2D eigenvalue weighted by Crippen LogP contribution is -2.53. The average molecular weight is 692 g/mol. The molecule has 12 heteroatoms. The molecule has 1 fully saturated rings. The maximum absolute atomic E-state index is 15.9. The number of pyridine rings is 1. The molecule has 0 aliphatic carbocycles. The van der Waals surface area contributed by atoms with Crippen LogP contribution in [0.1, 0.15) is 75.3 Å². The molecule has 0 unspecified atom stereocenters. The van der Waals surface area contributed by atoms with Gasteiger partial charge in [0.1, 0.15) is 35.3 Å². The normalized spacial score (nSPS) is 15.7. The number of piperidine rings is 1. The van der Waals surface area contributed by atoms with Gasteiger partial charge in [-0.15, -0.1) is 27.1 Å². The van der Waals surface area contributed by atoms with Gasteiger partial charge >= 0.3 is 6.09 Å². The first-order chi connectivity index (χ1) is 21.9. The van der Waals surface area contributed by atoms with Crippen LogP contribution < -0.4 is 4.90 Å². The number of aryl methyl sites for hydroxylation is 1.